The van der Waals surface area contributed by atoms with E-state index in [1.54, 1.807) is 6.08 Å². The first kappa shape index (κ1) is 70.2. The van der Waals surface area contributed by atoms with Gasteiger partial charge in [0.05, 0.1) is 32.0 Å². The molecule has 0 aromatic heterocycles. The van der Waals surface area contributed by atoms with Crippen molar-refractivity contribution in [2.75, 3.05) is 19.8 Å². The van der Waals surface area contributed by atoms with Gasteiger partial charge in [-0.15, -0.1) is 0 Å². The van der Waals surface area contributed by atoms with Crippen LogP contribution in [0.4, 0.5) is 0 Å². The van der Waals surface area contributed by atoms with E-state index < -0.39 is 86.8 Å². The molecule has 2 heterocycles. The van der Waals surface area contributed by atoms with E-state index in [0.717, 1.165) is 116 Å². The second-order valence-corrected chi connectivity index (χ2v) is 20.0. The minimum absolute atomic E-state index is 0.242. The number of aliphatic hydroxyl groups excluding tert-OH is 8. The minimum atomic E-state index is -1.80. The quantitative estimate of drug-likeness (QED) is 0.0205. The van der Waals surface area contributed by atoms with E-state index in [1.807, 2.05) is 6.08 Å². The van der Waals surface area contributed by atoms with Gasteiger partial charge in [-0.3, -0.25) is 4.79 Å². The fraction of sp³-hybridized carbons (Fsp3) is 0.641. The lowest BCUT2D eigenvalue weighted by Gasteiger charge is -2.46. The van der Waals surface area contributed by atoms with Crippen LogP contribution < -0.4 is 5.32 Å². The van der Waals surface area contributed by atoms with E-state index in [2.05, 4.69) is 141 Å². The molecule has 0 aromatic rings. The van der Waals surface area contributed by atoms with Crippen LogP contribution in [0.5, 0.6) is 0 Å². The molecule has 0 spiro atoms. The van der Waals surface area contributed by atoms with Crippen molar-refractivity contribution in [3.63, 3.8) is 0 Å². The molecule has 12 unspecified atom stereocenters. The molecule has 78 heavy (non-hydrogen) atoms. The number of carbonyl (C=O) groups excluding carboxylic acids is 1. The maximum atomic E-state index is 13.2. The second kappa shape index (κ2) is 47.9. The summed E-state index contributed by atoms with van der Waals surface area (Å²) < 4.78 is 22.7. The molecule has 12 atom stereocenters. The standard InChI is InChI=1S/C64H103NO13/c1-3-5-7-9-11-13-14-15-16-17-18-19-20-21-22-23-24-25-26-27-28-29-30-31-32-33-34-35-36-37-38-40-42-44-46-48-56(69)65-52(53(68)47-45-43-41-39-12-10-8-6-4-2)51-75-63-61(74)59(72)62(55(50-67)77-63)78-64-60(73)58(71)57(70)54(49-66)76-64/h5,7,11,13,15-16,18-19,21-22,24-25,27-28,30-31,33-34,36-37,45,47,52-55,57-64,66-68,70-74H,3-4,6,8-10,12,14,17,20,23,26,29,32,35,38-44,46,48-51H2,1-2H3,(H,65,69)/b7-5-,13-11-,16-15-,19-18-,22-21-,25-24-,28-27-,31-30-,34-33-,37-36-,47-45+. The van der Waals surface area contributed by atoms with E-state index >= 15 is 0 Å². The number of unbranched alkanes of at least 4 members (excludes halogenated alkanes) is 11. The number of hydrogen-bond acceptors (Lipinski definition) is 13. The third kappa shape index (κ3) is 33.0. The molecule has 2 aliphatic rings. The van der Waals surface area contributed by atoms with E-state index in [0.29, 0.717) is 6.42 Å². The molecule has 2 rings (SSSR count). The van der Waals surface area contributed by atoms with Crippen molar-refractivity contribution in [1.29, 1.82) is 0 Å². The van der Waals surface area contributed by atoms with Gasteiger partial charge in [-0.05, 0) is 96.3 Å². The average molecular weight is 1090 g/mol. The van der Waals surface area contributed by atoms with E-state index in [4.69, 9.17) is 18.9 Å². The topological polar surface area (TPSA) is 228 Å². The van der Waals surface area contributed by atoms with Crippen LogP contribution in [0.15, 0.2) is 134 Å². The Kier molecular flexibility index (Phi) is 43.1. The molecule has 14 heteroatoms. The number of nitrogens with one attached hydrogen (secondary N) is 1. The molecule has 1 amide bonds. The van der Waals surface area contributed by atoms with Gasteiger partial charge in [0, 0.05) is 6.42 Å². The van der Waals surface area contributed by atoms with Crippen LogP contribution in [0.3, 0.4) is 0 Å². The summed E-state index contributed by atoms with van der Waals surface area (Å²) in [6.45, 7) is 2.59. The van der Waals surface area contributed by atoms with Crippen molar-refractivity contribution in [3.05, 3.63) is 134 Å². The maximum Gasteiger partial charge on any atom is 0.220 e. The molecule has 14 nitrogen and oxygen atoms in total. The Morgan fingerprint density at radius 2 is 0.885 bits per heavy atom. The van der Waals surface area contributed by atoms with Crippen molar-refractivity contribution in [2.24, 2.45) is 0 Å². The second-order valence-electron chi connectivity index (χ2n) is 20.0. The molecule has 2 saturated heterocycles. The van der Waals surface area contributed by atoms with Crippen molar-refractivity contribution in [2.45, 2.75) is 242 Å². The number of aliphatic hydroxyl groups is 8. The number of amides is 1. The highest BCUT2D eigenvalue weighted by Crippen LogP contribution is 2.30. The summed E-state index contributed by atoms with van der Waals surface area (Å²) in [4.78, 5) is 13.2. The highest BCUT2D eigenvalue weighted by atomic mass is 16.7. The lowest BCUT2D eigenvalue weighted by molar-refractivity contribution is -0.359. The van der Waals surface area contributed by atoms with Gasteiger partial charge in [0.1, 0.15) is 48.8 Å². The van der Waals surface area contributed by atoms with Crippen molar-refractivity contribution in [1.82, 2.24) is 5.32 Å². The first-order chi connectivity index (χ1) is 38.1. The summed E-state index contributed by atoms with van der Waals surface area (Å²) in [5, 5.41) is 86.7. The number of ether oxygens (including phenoxy) is 4. The predicted molar refractivity (Wildman–Crippen MR) is 313 cm³/mol. The zero-order valence-corrected chi connectivity index (χ0v) is 47.3. The fourth-order valence-corrected chi connectivity index (χ4v) is 8.61. The van der Waals surface area contributed by atoms with Crippen LogP contribution in [-0.2, 0) is 23.7 Å². The molecular formula is C64H103NO13. The molecule has 0 aliphatic carbocycles. The van der Waals surface area contributed by atoms with E-state index in [-0.39, 0.29) is 18.9 Å². The van der Waals surface area contributed by atoms with Gasteiger partial charge < -0.3 is 65.1 Å². The van der Waals surface area contributed by atoms with Crippen LogP contribution in [-0.4, -0.2) is 140 Å². The van der Waals surface area contributed by atoms with Crippen LogP contribution in [0.2, 0.25) is 0 Å². The lowest BCUT2D eigenvalue weighted by atomic mass is 9.97. The predicted octanol–water partition coefficient (Wildman–Crippen LogP) is 9.99. The SMILES string of the molecule is CC/C=C\C/C=C\C/C=C\C/C=C\C/C=C\C/C=C\C/C=C\C/C=C\C/C=C\C/C=C\CCCCCCC(=O)NC(COC1OC(CO)C(OC2OC(CO)C(O)C(O)C2O)C(O)C1O)C(O)/C=C/CCCCCCCCC. The van der Waals surface area contributed by atoms with Crippen molar-refractivity contribution < 1.29 is 64.6 Å². The van der Waals surface area contributed by atoms with Gasteiger partial charge in [0.2, 0.25) is 5.91 Å². The van der Waals surface area contributed by atoms with Gasteiger partial charge in [0.25, 0.3) is 0 Å². The Labute approximate surface area is 469 Å². The monoisotopic (exact) mass is 1090 g/mol. The Hall–Kier alpha value is -3.87. The van der Waals surface area contributed by atoms with E-state index in [1.165, 1.54) is 25.7 Å². The zero-order valence-electron chi connectivity index (χ0n) is 47.3. The highest BCUT2D eigenvalue weighted by molar-refractivity contribution is 5.76. The number of rotatable bonds is 44. The molecule has 0 aromatic carbocycles. The summed E-state index contributed by atoms with van der Waals surface area (Å²) in [5.41, 5.74) is 0. The molecule has 2 aliphatic heterocycles. The molecule has 9 N–H and O–H groups in total. The summed E-state index contributed by atoms with van der Waals surface area (Å²) >= 11 is 0. The molecular weight excluding hydrogens is 991 g/mol. The van der Waals surface area contributed by atoms with Crippen LogP contribution >= 0.6 is 0 Å². The minimum Gasteiger partial charge on any atom is -0.394 e. The molecule has 0 saturated carbocycles. The fourth-order valence-electron chi connectivity index (χ4n) is 8.61. The van der Waals surface area contributed by atoms with Crippen molar-refractivity contribution in [3.8, 4) is 0 Å². The molecule has 2 fully saturated rings. The van der Waals surface area contributed by atoms with Gasteiger partial charge in [-0.25, -0.2) is 0 Å². The third-order valence-electron chi connectivity index (χ3n) is 13.3. The molecule has 0 radical (unpaired) electrons. The summed E-state index contributed by atoms with van der Waals surface area (Å²) in [5.74, 6) is -0.274. The third-order valence-corrected chi connectivity index (χ3v) is 13.3. The zero-order chi connectivity index (χ0) is 56.7. The van der Waals surface area contributed by atoms with Gasteiger partial charge >= 0.3 is 0 Å². The average Bonchev–Trinajstić information content (AvgIpc) is 3.44. The first-order valence-corrected chi connectivity index (χ1v) is 29.4. The Balaban J connectivity index is 1.67. The van der Waals surface area contributed by atoms with Gasteiger partial charge in [0.15, 0.2) is 12.6 Å². The highest BCUT2D eigenvalue weighted by Gasteiger charge is 2.51. The lowest BCUT2D eigenvalue weighted by Crippen LogP contribution is -2.65. The van der Waals surface area contributed by atoms with E-state index in [9.17, 15) is 45.6 Å². The molecule has 0 bridgehead atoms. The van der Waals surface area contributed by atoms with Crippen molar-refractivity contribution >= 4 is 5.91 Å². The largest absolute Gasteiger partial charge is 0.394 e. The Morgan fingerprint density at radius 1 is 0.474 bits per heavy atom. The summed E-state index contributed by atoms with van der Waals surface area (Å²) in [6.07, 6.45) is 53.7. The van der Waals surface area contributed by atoms with Gasteiger partial charge in [-0.2, -0.15) is 0 Å². The first-order valence-electron chi connectivity index (χ1n) is 29.4. The molecule has 442 valence electrons. The van der Waals surface area contributed by atoms with Gasteiger partial charge in [-0.1, -0.05) is 199 Å². The maximum absolute atomic E-state index is 13.2. The van der Waals surface area contributed by atoms with Crippen LogP contribution in [0.25, 0.3) is 0 Å². The number of carbonyl (C=O) groups is 1. The summed E-state index contributed by atoms with van der Waals surface area (Å²) in [6, 6.07) is -0.936. The van der Waals surface area contributed by atoms with Crippen LogP contribution in [0.1, 0.15) is 168 Å². The Bertz CT molecular complexity index is 1820. The summed E-state index contributed by atoms with van der Waals surface area (Å²) in [7, 11) is 0. The Morgan fingerprint density at radius 3 is 1.36 bits per heavy atom. The number of allylic oxidation sites excluding steroid dienone is 21. The smallest absolute Gasteiger partial charge is 0.220 e. The normalized spacial score (nSPS) is 25.6. The number of hydrogen-bond donors (Lipinski definition) is 9. The van der Waals surface area contributed by atoms with Crippen LogP contribution in [0, 0.1) is 0 Å².